The van der Waals surface area contributed by atoms with Gasteiger partial charge in [0.05, 0.1) is 11.7 Å². The summed E-state index contributed by atoms with van der Waals surface area (Å²) in [6, 6.07) is 0. The fraction of sp³-hybridized carbons (Fsp3) is 1.00. The van der Waals surface area contributed by atoms with Gasteiger partial charge in [-0.25, -0.2) is 0 Å². The van der Waals surface area contributed by atoms with Crippen LogP contribution < -0.4 is 5.32 Å². The van der Waals surface area contributed by atoms with Crippen LogP contribution in [0.2, 0.25) is 0 Å². The van der Waals surface area contributed by atoms with Gasteiger partial charge < -0.3 is 10.1 Å². The van der Waals surface area contributed by atoms with E-state index in [0.29, 0.717) is 11.5 Å². The summed E-state index contributed by atoms with van der Waals surface area (Å²) in [7, 11) is 0. The van der Waals surface area contributed by atoms with Gasteiger partial charge in [-0.2, -0.15) is 0 Å². The molecule has 1 aliphatic heterocycles. The molecule has 1 saturated heterocycles. The van der Waals surface area contributed by atoms with Crippen molar-refractivity contribution in [3.8, 4) is 0 Å². The van der Waals surface area contributed by atoms with Gasteiger partial charge in [0, 0.05) is 13.1 Å². The SMILES string of the molecule is CCCCCC(C)(C)CNCC1CCC2(CCCCC2)O1. The molecule has 2 rings (SSSR count). The molecule has 1 unspecified atom stereocenters. The van der Waals surface area contributed by atoms with Crippen LogP contribution in [0.4, 0.5) is 0 Å². The van der Waals surface area contributed by atoms with Crippen molar-refractivity contribution < 1.29 is 4.74 Å². The minimum Gasteiger partial charge on any atom is -0.370 e. The zero-order valence-electron chi connectivity index (χ0n) is 14.7. The fourth-order valence-corrected chi connectivity index (χ4v) is 4.12. The topological polar surface area (TPSA) is 21.3 Å². The van der Waals surface area contributed by atoms with E-state index in [0.717, 1.165) is 13.1 Å². The van der Waals surface area contributed by atoms with Crippen molar-refractivity contribution in [2.75, 3.05) is 13.1 Å². The molecule has 0 radical (unpaired) electrons. The second kappa shape index (κ2) is 7.97. The summed E-state index contributed by atoms with van der Waals surface area (Å²) in [5.41, 5.74) is 0.706. The van der Waals surface area contributed by atoms with Crippen LogP contribution in [0.5, 0.6) is 0 Å². The highest BCUT2D eigenvalue weighted by Gasteiger charge is 2.40. The molecule has 1 saturated carbocycles. The van der Waals surface area contributed by atoms with Gasteiger partial charge in [-0.3, -0.25) is 0 Å². The van der Waals surface area contributed by atoms with Crippen LogP contribution in [0.25, 0.3) is 0 Å². The van der Waals surface area contributed by atoms with Crippen molar-refractivity contribution in [1.29, 1.82) is 0 Å². The third-order valence-corrected chi connectivity index (χ3v) is 5.54. The average molecular weight is 296 g/mol. The lowest BCUT2D eigenvalue weighted by molar-refractivity contribution is -0.0627. The molecule has 1 heterocycles. The summed E-state index contributed by atoms with van der Waals surface area (Å²) in [5.74, 6) is 0. The Bertz CT molecular complexity index is 294. The molecule has 1 N–H and O–H groups in total. The van der Waals surface area contributed by atoms with Crippen molar-refractivity contribution >= 4 is 0 Å². The van der Waals surface area contributed by atoms with E-state index in [2.05, 4.69) is 26.1 Å². The lowest BCUT2D eigenvalue weighted by Gasteiger charge is -2.33. The van der Waals surface area contributed by atoms with Crippen LogP contribution >= 0.6 is 0 Å². The monoisotopic (exact) mass is 295 g/mol. The van der Waals surface area contributed by atoms with Gasteiger partial charge in [-0.1, -0.05) is 59.3 Å². The minimum absolute atomic E-state index is 0.279. The molecule has 0 aromatic heterocycles. The van der Waals surface area contributed by atoms with Crippen molar-refractivity contribution in [2.24, 2.45) is 5.41 Å². The maximum atomic E-state index is 6.44. The Kier molecular flexibility index (Phi) is 6.55. The molecule has 21 heavy (non-hydrogen) atoms. The van der Waals surface area contributed by atoms with Gasteiger partial charge in [0.1, 0.15) is 0 Å². The third kappa shape index (κ3) is 5.56. The summed E-state index contributed by atoms with van der Waals surface area (Å²) in [5, 5.41) is 3.69. The molecule has 2 fully saturated rings. The Morgan fingerprint density at radius 3 is 2.57 bits per heavy atom. The first-order valence-corrected chi connectivity index (χ1v) is 9.44. The van der Waals surface area contributed by atoms with E-state index >= 15 is 0 Å². The maximum Gasteiger partial charge on any atom is 0.0708 e. The average Bonchev–Trinajstić information content (AvgIpc) is 2.82. The lowest BCUT2D eigenvalue weighted by Crippen LogP contribution is -2.37. The number of nitrogens with one attached hydrogen (secondary N) is 1. The first-order valence-electron chi connectivity index (χ1n) is 9.44. The van der Waals surface area contributed by atoms with Crippen LogP contribution in [0.1, 0.15) is 91.4 Å². The van der Waals surface area contributed by atoms with E-state index in [1.165, 1.54) is 70.6 Å². The molecule has 0 aromatic carbocycles. The molecule has 0 bridgehead atoms. The highest BCUT2D eigenvalue weighted by atomic mass is 16.5. The van der Waals surface area contributed by atoms with Crippen LogP contribution in [0.15, 0.2) is 0 Å². The van der Waals surface area contributed by atoms with Crippen LogP contribution in [0, 0.1) is 5.41 Å². The standard InChI is InChI=1S/C19H37NO/c1-4-5-7-11-18(2,3)16-20-15-17-10-14-19(21-17)12-8-6-9-13-19/h17,20H,4-16H2,1-3H3. The van der Waals surface area contributed by atoms with E-state index in [1.807, 2.05) is 0 Å². The molecule has 2 aliphatic rings. The zero-order chi connectivity index (χ0) is 15.2. The fourth-order valence-electron chi connectivity index (χ4n) is 4.12. The number of rotatable bonds is 8. The minimum atomic E-state index is 0.279. The van der Waals surface area contributed by atoms with E-state index in [9.17, 15) is 0 Å². The second-order valence-corrected chi connectivity index (χ2v) is 8.27. The molecule has 0 aromatic rings. The van der Waals surface area contributed by atoms with Gasteiger partial charge in [0.25, 0.3) is 0 Å². The van der Waals surface area contributed by atoms with Crippen molar-refractivity contribution in [2.45, 2.75) is 103 Å². The third-order valence-electron chi connectivity index (χ3n) is 5.54. The van der Waals surface area contributed by atoms with E-state index in [-0.39, 0.29) is 5.60 Å². The van der Waals surface area contributed by atoms with Gasteiger partial charge in [-0.05, 0) is 37.5 Å². The second-order valence-electron chi connectivity index (χ2n) is 8.27. The number of hydrogen-bond acceptors (Lipinski definition) is 2. The summed E-state index contributed by atoms with van der Waals surface area (Å²) in [6.45, 7) is 9.26. The smallest absolute Gasteiger partial charge is 0.0708 e. The molecule has 1 spiro atoms. The summed E-state index contributed by atoms with van der Waals surface area (Å²) in [6.07, 6.45) is 15.2. The molecule has 2 heteroatoms. The Hall–Kier alpha value is -0.0800. The molecule has 0 amide bonds. The summed E-state index contributed by atoms with van der Waals surface area (Å²) in [4.78, 5) is 0. The molecule has 1 aliphatic carbocycles. The molecule has 124 valence electrons. The maximum absolute atomic E-state index is 6.44. The predicted molar refractivity (Wildman–Crippen MR) is 90.7 cm³/mol. The van der Waals surface area contributed by atoms with Crippen LogP contribution in [-0.2, 0) is 4.74 Å². The first kappa shape index (κ1) is 17.3. The van der Waals surface area contributed by atoms with E-state index < -0.39 is 0 Å². The number of unbranched alkanes of at least 4 members (excludes halogenated alkanes) is 2. The van der Waals surface area contributed by atoms with Gasteiger partial charge in [0.15, 0.2) is 0 Å². The summed E-state index contributed by atoms with van der Waals surface area (Å²) < 4.78 is 6.44. The number of ether oxygens (including phenoxy) is 1. The Morgan fingerprint density at radius 1 is 1.10 bits per heavy atom. The van der Waals surface area contributed by atoms with Crippen molar-refractivity contribution in [1.82, 2.24) is 5.32 Å². The number of hydrogen-bond donors (Lipinski definition) is 1. The molecule has 2 nitrogen and oxygen atoms in total. The largest absolute Gasteiger partial charge is 0.370 e. The Morgan fingerprint density at radius 2 is 1.86 bits per heavy atom. The Balaban J connectivity index is 1.63. The van der Waals surface area contributed by atoms with E-state index in [1.54, 1.807) is 0 Å². The Labute approximate surface area is 132 Å². The lowest BCUT2D eigenvalue weighted by atomic mass is 9.83. The zero-order valence-corrected chi connectivity index (χ0v) is 14.7. The highest BCUT2D eigenvalue weighted by molar-refractivity contribution is 4.92. The highest BCUT2D eigenvalue weighted by Crippen LogP contribution is 2.41. The van der Waals surface area contributed by atoms with Crippen LogP contribution in [-0.4, -0.2) is 24.8 Å². The van der Waals surface area contributed by atoms with Gasteiger partial charge in [0.2, 0.25) is 0 Å². The van der Waals surface area contributed by atoms with E-state index in [4.69, 9.17) is 4.74 Å². The quantitative estimate of drug-likeness (QED) is 0.632. The van der Waals surface area contributed by atoms with Gasteiger partial charge >= 0.3 is 0 Å². The summed E-state index contributed by atoms with van der Waals surface area (Å²) >= 11 is 0. The van der Waals surface area contributed by atoms with Gasteiger partial charge in [-0.15, -0.1) is 0 Å². The van der Waals surface area contributed by atoms with Crippen molar-refractivity contribution in [3.05, 3.63) is 0 Å². The van der Waals surface area contributed by atoms with Crippen LogP contribution in [0.3, 0.4) is 0 Å². The molecular weight excluding hydrogens is 258 g/mol. The van der Waals surface area contributed by atoms with Crippen molar-refractivity contribution in [3.63, 3.8) is 0 Å². The predicted octanol–water partition coefficient (Wildman–Crippen LogP) is 5.06. The first-order chi connectivity index (χ1) is 10.1. The normalized spacial score (nSPS) is 25.6. The molecular formula is C19H37NO. The molecule has 1 atom stereocenters.